The zero-order valence-corrected chi connectivity index (χ0v) is 11.2. The number of anilines is 1. The molecule has 0 atom stereocenters. The lowest BCUT2D eigenvalue weighted by Gasteiger charge is -2.20. The summed E-state index contributed by atoms with van der Waals surface area (Å²) in [6.07, 6.45) is 0. The molecule has 0 radical (unpaired) electrons. The van der Waals surface area contributed by atoms with E-state index in [1.807, 2.05) is 19.1 Å². The van der Waals surface area contributed by atoms with Crippen LogP contribution in [0.4, 0.5) is 5.69 Å². The van der Waals surface area contributed by atoms with E-state index in [9.17, 15) is 9.59 Å². The normalized spacial score (nSPS) is 10.9. The summed E-state index contributed by atoms with van der Waals surface area (Å²) in [5, 5.41) is 3.14. The Labute approximate surface area is 107 Å². The van der Waals surface area contributed by atoms with Gasteiger partial charge in [0.15, 0.2) is 5.78 Å². The van der Waals surface area contributed by atoms with Crippen molar-refractivity contribution < 1.29 is 14.3 Å². The van der Waals surface area contributed by atoms with Crippen LogP contribution in [0.5, 0.6) is 0 Å². The highest BCUT2D eigenvalue weighted by molar-refractivity contribution is 6.11. The number of hydrogen-bond acceptors (Lipinski definition) is 4. The highest BCUT2D eigenvalue weighted by Crippen LogP contribution is 2.24. The van der Waals surface area contributed by atoms with Gasteiger partial charge in [-0.05, 0) is 45.0 Å². The van der Waals surface area contributed by atoms with Gasteiger partial charge in [0.05, 0.1) is 7.11 Å². The van der Waals surface area contributed by atoms with E-state index < -0.39 is 11.4 Å². The second-order valence-corrected chi connectivity index (χ2v) is 4.55. The molecule has 0 fully saturated rings. The van der Waals surface area contributed by atoms with Crippen molar-refractivity contribution >= 4 is 17.4 Å². The van der Waals surface area contributed by atoms with Gasteiger partial charge in [-0.15, -0.1) is 0 Å². The van der Waals surface area contributed by atoms with Gasteiger partial charge >= 0.3 is 5.97 Å². The van der Waals surface area contributed by atoms with E-state index in [1.54, 1.807) is 26.0 Å². The number of Topliss-reactive ketones (excluding diaryl/α,β-unsaturated/α-hetero) is 1. The summed E-state index contributed by atoms with van der Waals surface area (Å²) in [6, 6.07) is 7.07. The van der Waals surface area contributed by atoms with Crippen molar-refractivity contribution in [1.82, 2.24) is 0 Å². The number of methoxy groups -OCH3 is 1. The summed E-state index contributed by atoms with van der Waals surface area (Å²) in [6.45, 7) is 5.96. The SMILES string of the molecule is CCNc1ccc(C(=O)C(C)(C)C(=O)OC)cc1. The van der Waals surface area contributed by atoms with E-state index in [0.29, 0.717) is 5.56 Å². The Balaban J connectivity index is 2.93. The fourth-order valence-corrected chi connectivity index (χ4v) is 1.65. The van der Waals surface area contributed by atoms with Gasteiger partial charge in [-0.1, -0.05) is 0 Å². The minimum absolute atomic E-state index is 0.239. The van der Waals surface area contributed by atoms with Crippen LogP contribution in [-0.2, 0) is 9.53 Å². The van der Waals surface area contributed by atoms with Crippen molar-refractivity contribution in [2.75, 3.05) is 19.0 Å². The monoisotopic (exact) mass is 249 g/mol. The predicted molar refractivity (Wildman–Crippen MR) is 70.7 cm³/mol. The van der Waals surface area contributed by atoms with Gasteiger partial charge in [0.1, 0.15) is 5.41 Å². The smallest absolute Gasteiger partial charge is 0.319 e. The number of nitrogens with one attached hydrogen (secondary N) is 1. The van der Waals surface area contributed by atoms with Crippen molar-refractivity contribution in [2.24, 2.45) is 5.41 Å². The molecule has 0 spiro atoms. The van der Waals surface area contributed by atoms with Crippen LogP contribution in [0, 0.1) is 5.41 Å². The van der Waals surface area contributed by atoms with Gasteiger partial charge < -0.3 is 10.1 Å². The summed E-state index contributed by atoms with van der Waals surface area (Å²) < 4.78 is 4.65. The number of carbonyl (C=O) groups excluding carboxylic acids is 2. The summed E-state index contributed by atoms with van der Waals surface area (Å²) in [4.78, 5) is 23.8. The lowest BCUT2D eigenvalue weighted by Crippen LogP contribution is -2.34. The summed E-state index contributed by atoms with van der Waals surface area (Å²) >= 11 is 0. The van der Waals surface area contributed by atoms with Crippen molar-refractivity contribution in [3.63, 3.8) is 0 Å². The maximum Gasteiger partial charge on any atom is 0.319 e. The Kier molecular flexibility index (Phi) is 4.48. The largest absolute Gasteiger partial charge is 0.468 e. The van der Waals surface area contributed by atoms with E-state index in [4.69, 9.17) is 0 Å². The third-order valence-corrected chi connectivity index (χ3v) is 2.79. The summed E-state index contributed by atoms with van der Waals surface area (Å²) in [5.41, 5.74) is 0.297. The maximum absolute atomic E-state index is 12.2. The highest BCUT2D eigenvalue weighted by atomic mass is 16.5. The second-order valence-electron chi connectivity index (χ2n) is 4.55. The molecule has 0 amide bonds. The lowest BCUT2D eigenvalue weighted by atomic mass is 9.84. The molecular formula is C14H19NO3. The van der Waals surface area contributed by atoms with E-state index in [-0.39, 0.29) is 5.78 Å². The first kappa shape index (κ1) is 14.2. The molecule has 98 valence electrons. The molecule has 0 aromatic heterocycles. The Hall–Kier alpha value is -1.84. The quantitative estimate of drug-likeness (QED) is 0.495. The van der Waals surface area contributed by atoms with Crippen LogP contribution >= 0.6 is 0 Å². The summed E-state index contributed by atoms with van der Waals surface area (Å²) in [5.74, 6) is -0.763. The first-order chi connectivity index (χ1) is 8.43. The number of carbonyl (C=O) groups is 2. The first-order valence-corrected chi connectivity index (χ1v) is 5.90. The Morgan fingerprint density at radius 1 is 1.22 bits per heavy atom. The van der Waals surface area contributed by atoms with Crippen molar-refractivity contribution in [2.45, 2.75) is 20.8 Å². The highest BCUT2D eigenvalue weighted by Gasteiger charge is 2.37. The molecule has 0 aliphatic heterocycles. The number of esters is 1. The van der Waals surface area contributed by atoms with Crippen LogP contribution < -0.4 is 5.32 Å². The van der Waals surface area contributed by atoms with E-state index in [0.717, 1.165) is 12.2 Å². The van der Waals surface area contributed by atoms with Gasteiger partial charge in [0.2, 0.25) is 0 Å². The molecule has 0 saturated carbocycles. The van der Waals surface area contributed by atoms with Crippen molar-refractivity contribution in [3.8, 4) is 0 Å². The number of benzene rings is 1. The maximum atomic E-state index is 12.2. The fraction of sp³-hybridized carbons (Fsp3) is 0.429. The molecule has 4 heteroatoms. The molecule has 4 nitrogen and oxygen atoms in total. The van der Waals surface area contributed by atoms with Gasteiger partial charge in [0, 0.05) is 17.8 Å². The Morgan fingerprint density at radius 2 is 1.78 bits per heavy atom. The van der Waals surface area contributed by atoms with Crippen LogP contribution in [0.2, 0.25) is 0 Å². The standard InChI is InChI=1S/C14H19NO3/c1-5-15-11-8-6-10(7-9-11)12(16)14(2,3)13(17)18-4/h6-9,15H,5H2,1-4H3. The van der Waals surface area contributed by atoms with E-state index in [1.165, 1.54) is 7.11 Å². The van der Waals surface area contributed by atoms with Crippen LogP contribution in [0.15, 0.2) is 24.3 Å². The molecule has 1 N–H and O–H groups in total. The molecule has 0 unspecified atom stereocenters. The average molecular weight is 249 g/mol. The number of ketones is 1. The first-order valence-electron chi connectivity index (χ1n) is 5.90. The van der Waals surface area contributed by atoms with Crippen LogP contribution in [0.3, 0.4) is 0 Å². The minimum Gasteiger partial charge on any atom is -0.468 e. The second kappa shape index (κ2) is 5.67. The van der Waals surface area contributed by atoms with Crippen molar-refractivity contribution in [3.05, 3.63) is 29.8 Å². The molecule has 0 heterocycles. The third kappa shape index (κ3) is 2.88. The van der Waals surface area contributed by atoms with E-state index >= 15 is 0 Å². The number of hydrogen-bond donors (Lipinski definition) is 1. The van der Waals surface area contributed by atoms with Gasteiger partial charge in [-0.2, -0.15) is 0 Å². The van der Waals surface area contributed by atoms with E-state index in [2.05, 4.69) is 10.1 Å². The molecule has 0 aliphatic rings. The third-order valence-electron chi connectivity index (χ3n) is 2.79. The van der Waals surface area contributed by atoms with Gasteiger partial charge in [-0.25, -0.2) is 0 Å². The lowest BCUT2D eigenvalue weighted by molar-refractivity contribution is -0.147. The molecule has 18 heavy (non-hydrogen) atoms. The summed E-state index contributed by atoms with van der Waals surface area (Å²) in [7, 11) is 1.28. The van der Waals surface area contributed by atoms with Crippen LogP contribution in [-0.4, -0.2) is 25.4 Å². The van der Waals surface area contributed by atoms with Gasteiger partial charge in [0.25, 0.3) is 0 Å². The molecule has 0 saturated heterocycles. The van der Waals surface area contributed by atoms with Crippen molar-refractivity contribution in [1.29, 1.82) is 0 Å². The van der Waals surface area contributed by atoms with Gasteiger partial charge in [-0.3, -0.25) is 9.59 Å². The molecule has 0 bridgehead atoms. The zero-order valence-electron chi connectivity index (χ0n) is 11.2. The number of ether oxygens (including phenoxy) is 1. The topological polar surface area (TPSA) is 55.4 Å². The Bertz CT molecular complexity index is 435. The molecule has 1 aromatic carbocycles. The molecule has 1 aromatic rings. The predicted octanol–water partition coefficient (Wildman–Crippen LogP) is 2.50. The van der Waals surface area contributed by atoms with Crippen LogP contribution in [0.1, 0.15) is 31.1 Å². The fourth-order valence-electron chi connectivity index (χ4n) is 1.65. The Morgan fingerprint density at radius 3 is 2.22 bits per heavy atom. The van der Waals surface area contributed by atoms with Crippen LogP contribution in [0.25, 0.3) is 0 Å². The average Bonchev–Trinajstić information content (AvgIpc) is 2.38. The molecule has 1 rings (SSSR count). The minimum atomic E-state index is -1.16. The molecular weight excluding hydrogens is 230 g/mol. The molecule has 0 aliphatic carbocycles. The number of rotatable bonds is 5. The zero-order chi connectivity index (χ0) is 13.8.